The second kappa shape index (κ2) is 8.34. The number of carbonyl (C=O) groups excluding carboxylic acids is 1. The molecule has 2 rings (SSSR count). The quantitative estimate of drug-likeness (QED) is 0.802. The van der Waals surface area contributed by atoms with E-state index in [4.69, 9.17) is 9.47 Å². The van der Waals surface area contributed by atoms with Gasteiger partial charge in [0.2, 0.25) is 0 Å². The predicted molar refractivity (Wildman–Crippen MR) is 92.9 cm³/mol. The smallest absolute Gasteiger partial charge is 0.256 e. The van der Waals surface area contributed by atoms with E-state index in [0.717, 1.165) is 43.5 Å². The molecule has 0 aliphatic heterocycles. The Morgan fingerprint density at radius 2 is 1.83 bits per heavy atom. The summed E-state index contributed by atoms with van der Waals surface area (Å²) in [6.07, 6.45) is 6.06. The summed E-state index contributed by atoms with van der Waals surface area (Å²) in [6.45, 7) is 6.65. The van der Waals surface area contributed by atoms with Crippen LogP contribution in [0.15, 0.2) is 24.3 Å². The monoisotopic (exact) mass is 319 g/mol. The van der Waals surface area contributed by atoms with E-state index < -0.39 is 5.60 Å². The molecular weight excluding hydrogens is 290 g/mol. The molecule has 0 spiro atoms. The highest BCUT2D eigenvalue weighted by atomic mass is 16.5. The van der Waals surface area contributed by atoms with Gasteiger partial charge in [0.1, 0.15) is 11.4 Å². The predicted octanol–water partition coefficient (Wildman–Crippen LogP) is 4.54. The standard InChI is InChI=1S/C19H29NO3/c1-4-15(3)23-17-11-9-16(10-12-17)20-18(21)19(22-5-2)13-7-6-8-14-19/h9-12,15H,4-8,13-14H2,1-3H3,(H,20,21)/t15-/m1/s1. The topological polar surface area (TPSA) is 47.6 Å². The number of hydrogen-bond acceptors (Lipinski definition) is 3. The lowest BCUT2D eigenvalue weighted by atomic mass is 9.83. The Hall–Kier alpha value is -1.55. The summed E-state index contributed by atoms with van der Waals surface area (Å²) in [5.41, 5.74) is 0.134. The Morgan fingerprint density at radius 1 is 1.17 bits per heavy atom. The number of carbonyl (C=O) groups is 1. The molecule has 0 radical (unpaired) electrons. The van der Waals surface area contributed by atoms with Crippen LogP contribution < -0.4 is 10.1 Å². The molecule has 1 N–H and O–H groups in total. The minimum absolute atomic E-state index is 0.0188. The molecule has 4 nitrogen and oxygen atoms in total. The van der Waals surface area contributed by atoms with Crippen LogP contribution in [0, 0.1) is 0 Å². The van der Waals surface area contributed by atoms with E-state index in [9.17, 15) is 4.79 Å². The fourth-order valence-corrected chi connectivity index (χ4v) is 3.01. The van der Waals surface area contributed by atoms with Crippen LogP contribution in [0.2, 0.25) is 0 Å². The third-order valence-corrected chi connectivity index (χ3v) is 4.52. The van der Waals surface area contributed by atoms with E-state index in [1.165, 1.54) is 6.42 Å². The first-order valence-corrected chi connectivity index (χ1v) is 8.82. The molecule has 4 heteroatoms. The Labute approximate surface area is 139 Å². The zero-order valence-electron chi connectivity index (χ0n) is 14.6. The van der Waals surface area contributed by atoms with E-state index >= 15 is 0 Å². The SMILES string of the molecule is CCOC1(C(=O)Nc2ccc(O[C@H](C)CC)cc2)CCCCC1. The zero-order valence-corrected chi connectivity index (χ0v) is 14.6. The number of hydrogen-bond donors (Lipinski definition) is 1. The van der Waals surface area contributed by atoms with Crippen LogP contribution >= 0.6 is 0 Å². The van der Waals surface area contributed by atoms with Crippen LogP contribution in [-0.4, -0.2) is 24.2 Å². The fraction of sp³-hybridized carbons (Fsp3) is 0.632. The largest absolute Gasteiger partial charge is 0.491 e. The van der Waals surface area contributed by atoms with Crippen molar-refractivity contribution in [3.8, 4) is 5.75 Å². The van der Waals surface area contributed by atoms with Crippen LogP contribution in [0.4, 0.5) is 5.69 Å². The summed E-state index contributed by atoms with van der Waals surface area (Å²) in [6, 6.07) is 7.57. The lowest BCUT2D eigenvalue weighted by Crippen LogP contribution is -2.47. The second-order valence-corrected chi connectivity index (χ2v) is 6.30. The summed E-state index contributed by atoms with van der Waals surface area (Å²) in [4.78, 5) is 12.7. The van der Waals surface area contributed by atoms with Crippen molar-refractivity contribution in [3.63, 3.8) is 0 Å². The number of nitrogens with one attached hydrogen (secondary N) is 1. The average Bonchev–Trinajstić information content (AvgIpc) is 2.57. The van der Waals surface area contributed by atoms with Gasteiger partial charge in [-0.3, -0.25) is 4.79 Å². The third-order valence-electron chi connectivity index (χ3n) is 4.52. The molecule has 1 amide bonds. The van der Waals surface area contributed by atoms with E-state index in [-0.39, 0.29) is 12.0 Å². The summed E-state index contributed by atoms with van der Waals surface area (Å²) >= 11 is 0. The molecule has 23 heavy (non-hydrogen) atoms. The van der Waals surface area contributed by atoms with Gasteiger partial charge in [0.05, 0.1) is 6.10 Å². The second-order valence-electron chi connectivity index (χ2n) is 6.30. The van der Waals surface area contributed by atoms with Gasteiger partial charge in [-0.2, -0.15) is 0 Å². The van der Waals surface area contributed by atoms with Crippen LogP contribution in [0.1, 0.15) is 59.3 Å². The average molecular weight is 319 g/mol. The molecule has 1 atom stereocenters. The first kappa shape index (κ1) is 17.8. The molecule has 128 valence electrons. The summed E-state index contributed by atoms with van der Waals surface area (Å²) in [5.74, 6) is 0.809. The normalized spacial score (nSPS) is 18.2. The lowest BCUT2D eigenvalue weighted by Gasteiger charge is -2.35. The maximum absolute atomic E-state index is 12.7. The Balaban J connectivity index is 2.00. The van der Waals surface area contributed by atoms with Crippen molar-refractivity contribution in [2.24, 2.45) is 0 Å². The molecule has 1 aliphatic rings. The molecule has 1 saturated carbocycles. The molecule has 0 unspecified atom stereocenters. The first-order valence-electron chi connectivity index (χ1n) is 8.82. The van der Waals surface area contributed by atoms with Gasteiger partial charge in [-0.15, -0.1) is 0 Å². The van der Waals surface area contributed by atoms with Gasteiger partial charge in [-0.1, -0.05) is 26.2 Å². The van der Waals surface area contributed by atoms with Gasteiger partial charge in [0, 0.05) is 12.3 Å². The molecule has 1 aliphatic carbocycles. The summed E-state index contributed by atoms with van der Waals surface area (Å²) in [7, 11) is 0. The molecule has 1 aromatic rings. The molecule has 0 saturated heterocycles. The van der Waals surface area contributed by atoms with E-state index in [2.05, 4.69) is 12.2 Å². The molecule has 0 heterocycles. The maximum atomic E-state index is 12.7. The zero-order chi connectivity index (χ0) is 16.7. The van der Waals surface area contributed by atoms with Crippen LogP contribution in [0.3, 0.4) is 0 Å². The van der Waals surface area contributed by atoms with Gasteiger partial charge in [-0.05, 0) is 57.4 Å². The Kier molecular flexibility index (Phi) is 6.46. The summed E-state index contributed by atoms with van der Waals surface area (Å²) < 4.78 is 11.6. The Bertz CT molecular complexity index is 486. The minimum Gasteiger partial charge on any atom is -0.491 e. The molecule has 0 bridgehead atoms. The fourth-order valence-electron chi connectivity index (χ4n) is 3.01. The minimum atomic E-state index is -0.654. The van der Waals surface area contributed by atoms with E-state index in [1.54, 1.807) is 0 Å². The molecule has 0 aromatic heterocycles. The highest BCUT2D eigenvalue weighted by Crippen LogP contribution is 2.33. The first-order chi connectivity index (χ1) is 11.1. The highest BCUT2D eigenvalue weighted by molar-refractivity contribution is 5.97. The van der Waals surface area contributed by atoms with Crippen molar-refractivity contribution in [1.82, 2.24) is 0 Å². The van der Waals surface area contributed by atoms with E-state index in [1.807, 2.05) is 38.1 Å². The van der Waals surface area contributed by atoms with Gasteiger partial charge in [0.15, 0.2) is 0 Å². The van der Waals surface area contributed by atoms with Gasteiger partial charge >= 0.3 is 0 Å². The van der Waals surface area contributed by atoms with E-state index in [0.29, 0.717) is 6.61 Å². The number of rotatable bonds is 7. The van der Waals surface area contributed by atoms with Crippen molar-refractivity contribution < 1.29 is 14.3 Å². The van der Waals surface area contributed by atoms with Crippen LogP contribution in [-0.2, 0) is 9.53 Å². The molecule has 1 fully saturated rings. The van der Waals surface area contributed by atoms with Crippen molar-refractivity contribution in [1.29, 1.82) is 0 Å². The van der Waals surface area contributed by atoms with Crippen molar-refractivity contribution in [3.05, 3.63) is 24.3 Å². The third kappa shape index (κ3) is 4.71. The van der Waals surface area contributed by atoms with Crippen LogP contribution in [0.25, 0.3) is 0 Å². The van der Waals surface area contributed by atoms with Crippen LogP contribution in [0.5, 0.6) is 5.75 Å². The van der Waals surface area contributed by atoms with Gasteiger partial charge in [-0.25, -0.2) is 0 Å². The molecule has 1 aromatic carbocycles. The van der Waals surface area contributed by atoms with Gasteiger partial charge in [0.25, 0.3) is 5.91 Å². The lowest BCUT2D eigenvalue weighted by molar-refractivity contribution is -0.145. The van der Waals surface area contributed by atoms with Crippen molar-refractivity contribution >= 4 is 11.6 Å². The summed E-state index contributed by atoms with van der Waals surface area (Å²) in [5, 5.41) is 3.01. The van der Waals surface area contributed by atoms with Gasteiger partial charge < -0.3 is 14.8 Å². The molecular formula is C19H29NO3. The number of anilines is 1. The number of ether oxygens (including phenoxy) is 2. The maximum Gasteiger partial charge on any atom is 0.256 e. The Morgan fingerprint density at radius 3 is 2.39 bits per heavy atom. The highest BCUT2D eigenvalue weighted by Gasteiger charge is 2.40. The number of amides is 1. The van der Waals surface area contributed by atoms with Crippen molar-refractivity contribution in [2.75, 3.05) is 11.9 Å². The number of benzene rings is 1. The van der Waals surface area contributed by atoms with Crippen molar-refractivity contribution in [2.45, 2.75) is 71.0 Å².